The van der Waals surface area contributed by atoms with Gasteiger partial charge in [-0.25, -0.2) is 0 Å². The molecule has 1 fully saturated rings. The number of carbonyl (C=O) groups excluding carboxylic acids is 1. The van der Waals surface area contributed by atoms with Gasteiger partial charge in [-0.3, -0.25) is 14.8 Å². The molecule has 9 heteroatoms. The topological polar surface area (TPSA) is 59.0 Å². The van der Waals surface area contributed by atoms with Crippen LogP contribution in [0.5, 0.6) is 0 Å². The van der Waals surface area contributed by atoms with E-state index in [1.165, 1.54) is 12.1 Å². The molecule has 1 saturated heterocycles. The summed E-state index contributed by atoms with van der Waals surface area (Å²) in [6, 6.07) is 14.0. The molecule has 0 bridgehead atoms. The number of hydrogen-bond acceptors (Lipinski definition) is 3. The van der Waals surface area contributed by atoms with Crippen LogP contribution in [0.2, 0.25) is 0 Å². The molecule has 2 heterocycles. The van der Waals surface area contributed by atoms with Gasteiger partial charge < -0.3 is 5.32 Å². The number of hydrogen-bond donors (Lipinski definition) is 2. The van der Waals surface area contributed by atoms with E-state index in [-0.39, 0.29) is 35.8 Å². The molecule has 1 aromatic heterocycles. The van der Waals surface area contributed by atoms with Crippen LogP contribution in [0.3, 0.4) is 0 Å². The molecule has 1 amide bonds. The van der Waals surface area contributed by atoms with Crippen LogP contribution >= 0.6 is 12.4 Å². The zero-order chi connectivity index (χ0) is 26.3. The molecule has 0 aliphatic carbocycles. The smallest absolute Gasteiger partial charge is 0.325 e. The maximum Gasteiger partial charge on any atom is 0.416 e. The number of rotatable bonds is 5. The molecule has 1 unspecified atom stereocenters. The van der Waals surface area contributed by atoms with Gasteiger partial charge in [0.1, 0.15) is 0 Å². The summed E-state index contributed by atoms with van der Waals surface area (Å²) in [5.41, 5.74) is 2.43. The molecule has 0 radical (unpaired) electrons. The van der Waals surface area contributed by atoms with Crippen molar-refractivity contribution in [2.24, 2.45) is 0 Å². The minimum absolute atomic E-state index is 0. The lowest BCUT2D eigenvalue weighted by Gasteiger charge is -2.21. The molecule has 1 aliphatic rings. The number of amides is 1. The highest BCUT2D eigenvalue weighted by Gasteiger charge is 2.41. The number of nitrogens with one attached hydrogen (secondary N) is 2. The van der Waals surface area contributed by atoms with Crippen molar-refractivity contribution in [3.05, 3.63) is 83.2 Å². The van der Waals surface area contributed by atoms with Crippen LogP contribution < -0.4 is 10.6 Å². The summed E-state index contributed by atoms with van der Waals surface area (Å²) < 4.78 is 41.2. The summed E-state index contributed by atoms with van der Waals surface area (Å²) in [4.78, 5) is 13.3. The summed E-state index contributed by atoms with van der Waals surface area (Å²) in [5.74, 6) is -0.0218. The van der Waals surface area contributed by atoms with E-state index in [2.05, 4.69) is 24.5 Å². The van der Waals surface area contributed by atoms with Crippen molar-refractivity contribution >= 4 is 24.0 Å². The van der Waals surface area contributed by atoms with Crippen molar-refractivity contribution in [1.82, 2.24) is 15.1 Å². The van der Waals surface area contributed by atoms with Gasteiger partial charge in [-0.2, -0.15) is 18.3 Å². The van der Waals surface area contributed by atoms with Crippen LogP contribution in [0.4, 0.5) is 18.9 Å². The second-order valence-corrected chi connectivity index (χ2v) is 10.8. The highest BCUT2D eigenvalue weighted by molar-refractivity contribution is 5.95. The first-order chi connectivity index (χ1) is 16.8. The highest BCUT2D eigenvalue weighted by Crippen LogP contribution is 2.41. The Labute approximate surface area is 222 Å². The van der Waals surface area contributed by atoms with Gasteiger partial charge in [-0.15, -0.1) is 12.4 Å². The zero-order valence-electron chi connectivity index (χ0n) is 21.6. The molecule has 200 valence electrons. The lowest BCUT2D eigenvalue weighted by Crippen LogP contribution is -2.36. The number of aromatic nitrogens is 2. The van der Waals surface area contributed by atoms with Crippen molar-refractivity contribution in [2.75, 3.05) is 5.32 Å². The van der Waals surface area contributed by atoms with Gasteiger partial charge in [0.05, 0.1) is 22.8 Å². The fourth-order valence-electron chi connectivity index (χ4n) is 4.59. The zero-order valence-corrected chi connectivity index (χ0v) is 22.5. The second kappa shape index (κ2) is 10.9. The van der Waals surface area contributed by atoms with E-state index in [9.17, 15) is 18.0 Å². The van der Waals surface area contributed by atoms with E-state index in [4.69, 9.17) is 5.10 Å². The fraction of sp³-hybridized carbons (Fsp3) is 0.429. The van der Waals surface area contributed by atoms with Gasteiger partial charge in [0.2, 0.25) is 5.91 Å². The summed E-state index contributed by atoms with van der Waals surface area (Å²) in [7, 11) is 0. The van der Waals surface area contributed by atoms with E-state index in [1.807, 2.05) is 62.0 Å². The monoisotopic (exact) mass is 534 g/mol. The Balaban J connectivity index is 0.00000380. The fourth-order valence-corrected chi connectivity index (χ4v) is 4.59. The standard InChI is InChI=1S/C28H33F3N4O.ClH/c1-17(2)19-7-6-8-21(15-19)32-26(36)24-16-22(23-13-14-35(34-23)27(3,4)5)25(33-24)18-9-11-20(12-10-18)28(29,30)31;/h6-15,17,22,24-25,33H,16H2,1-5H3,(H,32,36);1H/t22?,24-,25-;/m0./s1. The molecular weight excluding hydrogens is 501 g/mol. The van der Waals surface area contributed by atoms with Gasteiger partial charge >= 0.3 is 6.18 Å². The average molecular weight is 535 g/mol. The lowest BCUT2D eigenvalue weighted by atomic mass is 9.90. The molecule has 37 heavy (non-hydrogen) atoms. The van der Waals surface area contributed by atoms with Crippen molar-refractivity contribution < 1.29 is 18.0 Å². The number of nitrogens with zero attached hydrogens (tertiary/aromatic N) is 2. The van der Waals surface area contributed by atoms with Crippen LogP contribution in [0, 0.1) is 0 Å². The van der Waals surface area contributed by atoms with Crippen LogP contribution in [-0.2, 0) is 16.5 Å². The SMILES string of the molecule is CC(C)c1cccc(NC(=O)[C@@H]2CC(c3ccn(C(C)(C)C)n3)[C@H](c3ccc(C(F)(F)F)cc3)N2)c1.Cl. The molecular formula is C28H34ClF3N4O. The third-order valence-corrected chi connectivity index (χ3v) is 6.68. The van der Waals surface area contributed by atoms with Gasteiger partial charge in [-0.05, 0) is 74.6 Å². The van der Waals surface area contributed by atoms with E-state index in [1.54, 1.807) is 0 Å². The number of anilines is 1. The number of benzene rings is 2. The summed E-state index contributed by atoms with van der Waals surface area (Å²) in [6.45, 7) is 10.3. The van der Waals surface area contributed by atoms with Crippen molar-refractivity contribution in [2.45, 2.75) is 76.7 Å². The van der Waals surface area contributed by atoms with Gasteiger partial charge in [-0.1, -0.05) is 38.1 Å². The quantitative estimate of drug-likeness (QED) is 0.369. The van der Waals surface area contributed by atoms with Crippen LogP contribution in [0.15, 0.2) is 60.8 Å². The number of carbonyl (C=O) groups is 1. The van der Waals surface area contributed by atoms with Crippen LogP contribution in [0.25, 0.3) is 0 Å². The van der Waals surface area contributed by atoms with E-state index in [0.717, 1.165) is 29.1 Å². The van der Waals surface area contributed by atoms with Crippen molar-refractivity contribution in [1.29, 1.82) is 0 Å². The summed E-state index contributed by atoms with van der Waals surface area (Å²) >= 11 is 0. The van der Waals surface area contributed by atoms with E-state index >= 15 is 0 Å². The predicted octanol–water partition coefficient (Wildman–Crippen LogP) is 7.03. The maximum absolute atomic E-state index is 13.3. The molecule has 3 aromatic rings. The third kappa shape index (κ3) is 6.54. The average Bonchev–Trinajstić information content (AvgIpc) is 3.46. The van der Waals surface area contributed by atoms with E-state index in [0.29, 0.717) is 17.9 Å². The molecule has 2 aromatic carbocycles. The van der Waals surface area contributed by atoms with Gasteiger partial charge in [0.15, 0.2) is 0 Å². The molecule has 1 aliphatic heterocycles. The third-order valence-electron chi connectivity index (χ3n) is 6.68. The van der Waals surface area contributed by atoms with E-state index < -0.39 is 17.8 Å². The lowest BCUT2D eigenvalue weighted by molar-refractivity contribution is -0.137. The second-order valence-electron chi connectivity index (χ2n) is 10.8. The van der Waals surface area contributed by atoms with Gasteiger partial charge in [0, 0.05) is 23.8 Å². The maximum atomic E-state index is 13.3. The Hall–Kier alpha value is -2.84. The summed E-state index contributed by atoms with van der Waals surface area (Å²) in [5, 5.41) is 11.2. The van der Waals surface area contributed by atoms with Crippen molar-refractivity contribution in [3.63, 3.8) is 0 Å². The molecule has 0 saturated carbocycles. The Morgan fingerprint density at radius 1 is 1.08 bits per heavy atom. The largest absolute Gasteiger partial charge is 0.416 e. The minimum atomic E-state index is -4.40. The minimum Gasteiger partial charge on any atom is -0.325 e. The first-order valence-corrected chi connectivity index (χ1v) is 12.2. The molecule has 4 rings (SSSR count). The Kier molecular flexibility index (Phi) is 8.44. The van der Waals surface area contributed by atoms with Gasteiger partial charge in [0.25, 0.3) is 0 Å². The first-order valence-electron chi connectivity index (χ1n) is 12.2. The van der Waals surface area contributed by atoms with Crippen LogP contribution in [-0.4, -0.2) is 21.7 Å². The van der Waals surface area contributed by atoms with Crippen LogP contribution in [0.1, 0.15) is 81.3 Å². The first kappa shape index (κ1) is 28.7. The predicted molar refractivity (Wildman–Crippen MR) is 142 cm³/mol. The Morgan fingerprint density at radius 3 is 2.32 bits per heavy atom. The molecule has 5 nitrogen and oxygen atoms in total. The molecule has 0 spiro atoms. The number of halogens is 4. The number of alkyl halides is 3. The Morgan fingerprint density at radius 2 is 1.76 bits per heavy atom. The molecule has 3 atom stereocenters. The van der Waals surface area contributed by atoms with Crippen molar-refractivity contribution in [3.8, 4) is 0 Å². The Bertz CT molecular complexity index is 1220. The molecule has 2 N–H and O–H groups in total. The highest BCUT2D eigenvalue weighted by atomic mass is 35.5. The summed E-state index contributed by atoms with van der Waals surface area (Å²) in [6.07, 6.45) is -2.02. The normalized spacial score (nSPS) is 20.1.